The fraction of sp³-hybridized carbons (Fsp3) is 0.591. The van der Waals surface area contributed by atoms with E-state index < -0.39 is 11.6 Å². The molecule has 1 aromatic carbocycles. The smallest absolute Gasteiger partial charge is 0.222 e. The number of nitrogens with zero attached hydrogens (tertiary/aromatic N) is 4. The van der Waals surface area contributed by atoms with Crippen molar-refractivity contribution in [1.82, 2.24) is 19.9 Å². The number of carbonyl (C=O) groups excluding carboxylic acids is 1. The molecule has 1 unspecified atom stereocenters. The van der Waals surface area contributed by atoms with Gasteiger partial charge in [-0.2, -0.15) is 0 Å². The van der Waals surface area contributed by atoms with Crippen LogP contribution in [-0.4, -0.2) is 38.9 Å². The fourth-order valence-electron chi connectivity index (χ4n) is 4.61. The van der Waals surface area contributed by atoms with Gasteiger partial charge < -0.3 is 4.90 Å². The van der Waals surface area contributed by atoms with E-state index in [9.17, 15) is 13.6 Å². The average molecular weight is 402 g/mol. The van der Waals surface area contributed by atoms with Crippen molar-refractivity contribution in [3.8, 4) is 0 Å². The highest BCUT2D eigenvalue weighted by molar-refractivity contribution is 5.76. The van der Waals surface area contributed by atoms with E-state index in [0.29, 0.717) is 37.8 Å². The first-order chi connectivity index (χ1) is 14.1. The summed E-state index contributed by atoms with van der Waals surface area (Å²) in [5.41, 5.74) is 1.88. The Balaban J connectivity index is 1.20. The van der Waals surface area contributed by atoms with Gasteiger partial charge >= 0.3 is 0 Å². The summed E-state index contributed by atoms with van der Waals surface area (Å²) in [7, 11) is 0. The molecule has 1 aromatic heterocycles. The Morgan fingerprint density at radius 3 is 2.76 bits per heavy atom. The minimum Gasteiger partial charge on any atom is -0.342 e. The molecule has 0 spiro atoms. The minimum absolute atomic E-state index is 0.161. The van der Waals surface area contributed by atoms with Crippen molar-refractivity contribution in [2.75, 3.05) is 13.1 Å². The molecule has 1 atom stereocenters. The Bertz CT molecular complexity index is 847. The molecule has 7 heteroatoms. The van der Waals surface area contributed by atoms with E-state index >= 15 is 0 Å². The van der Waals surface area contributed by atoms with Crippen LogP contribution in [0.5, 0.6) is 0 Å². The normalized spacial score (nSPS) is 19.9. The minimum atomic E-state index is -0.820. The van der Waals surface area contributed by atoms with Crippen LogP contribution in [0, 0.1) is 17.6 Å². The Hall–Kier alpha value is -2.31. The van der Waals surface area contributed by atoms with Crippen molar-refractivity contribution in [2.24, 2.45) is 5.92 Å². The van der Waals surface area contributed by atoms with Crippen LogP contribution in [-0.2, 0) is 17.8 Å². The lowest BCUT2D eigenvalue weighted by Gasteiger charge is -2.16. The number of likely N-dealkylation sites (tertiary alicyclic amines) is 1. The zero-order valence-corrected chi connectivity index (χ0v) is 16.7. The average Bonchev–Trinajstić information content (AvgIpc) is 3.45. The van der Waals surface area contributed by atoms with Crippen molar-refractivity contribution in [2.45, 2.75) is 63.8 Å². The van der Waals surface area contributed by atoms with Gasteiger partial charge in [-0.25, -0.2) is 8.78 Å². The lowest BCUT2D eigenvalue weighted by Crippen LogP contribution is -2.29. The Kier molecular flexibility index (Phi) is 6.21. The highest BCUT2D eigenvalue weighted by Gasteiger charge is 2.26. The number of rotatable bonds is 7. The number of hydrogen-bond acceptors (Lipinski definition) is 3. The van der Waals surface area contributed by atoms with Gasteiger partial charge in [0.2, 0.25) is 5.91 Å². The molecule has 4 rings (SSSR count). The zero-order valence-electron chi connectivity index (χ0n) is 16.7. The molecule has 1 aliphatic heterocycles. The third kappa shape index (κ3) is 5.00. The molecular weight excluding hydrogens is 374 g/mol. The molecule has 1 saturated heterocycles. The summed E-state index contributed by atoms with van der Waals surface area (Å²) >= 11 is 0. The van der Waals surface area contributed by atoms with Crippen LogP contribution in [0.25, 0.3) is 0 Å². The van der Waals surface area contributed by atoms with Crippen LogP contribution in [0.4, 0.5) is 8.78 Å². The third-order valence-electron chi connectivity index (χ3n) is 6.25. The molecule has 0 N–H and O–H groups in total. The molecule has 2 aliphatic rings. The second kappa shape index (κ2) is 9.01. The number of aryl methyl sites for hydroxylation is 1. The molecule has 0 bridgehead atoms. The summed E-state index contributed by atoms with van der Waals surface area (Å²) in [6.45, 7) is 2.13. The summed E-state index contributed by atoms with van der Waals surface area (Å²) in [6, 6.07) is 4.06. The first kappa shape index (κ1) is 20.0. The van der Waals surface area contributed by atoms with Crippen LogP contribution in [0.3, 0.4) is 0 Å². The van der Waals surface area contributed by atoms with Gasteiger partial charge in [0.25, 0.3) is 0 Å². The van der Waals surface area contributed by atoms with Crippen molar-refractivity contribution >= 4 is 5.91 Å². The molecule has 5 nitrogen and oxygen atoms in total. The highest BCUT2D eigenvalue weighted by atomic mass is 19.2. The van der Waals surface area contributed by atoms with Gasteiger partial charge in [0.15, 0.2) is 11.6 Å². The number of carbonyl (C=O) groups is 1. The van der Waals surface area contributed by atoms with Crippen LogP contribution >= 0.6 is 0 Å². The first-order valence-corrected chi connectivity index (χ1v) is 10.7. The number of amides is 1. The topological polar surface area (TPSA) is 51.0 Å². The maximum atomic E-state index is 13.4. The van der Waals surface area contributed by atoms with Crippen molar-refractivity contribution in [3.05, 3.63) is 47.3 Å². The molecule has 0 radical (unpaired) electrons. The van der Waals surface area contributed by atoms with E-state index in [0.717, 1.165) is 30.6 Å². The summed E-state index contributed by atoms with van der Waals surface area (Å²) in [5, 5.41) is 8.51. The lowest BCUT2D eigenvalue weighted by atomic mass is 9.98. The molecule has 29 heavy (non-hydrogen) atoms. The quantitative estimate of drug-likeness (QED) is 0.701. The summed E-state index contributed by atoms with van der Waals surface area (Å²) < 4.78 is 28.3. The third-order valence-corrected chi connectivity index (χ3v) is 6.25. The van der Waals surface area contributed by atoms with Crippen molar-refractivity contribution in [3.63, 3.8) is 0 Å². The number of aromatic nitrogens is 3. The van der Waals surface area contributed by atoms with Gasteiger partial charge in [0.05, 0.1) is 5.69 Å². The molecule has 156 valence electrons. The van der Waals surface area contributed by atoms with Crippen LogP contribution in [0.1, 0.15) is 62.1 Å². The summed E-state index contributed by atoms with van der Waals surface area (Å²) in [4.78, 5) is 14.4. The maximum Gasteiger partial charge on any atom is 0.222 e. The zero-order chi connectivity index (χ0) is 20.2. The Morgan fingerprint density at radius 1 is 1.14 bits per heavy atom. The SMILES string of the molecule is O=C(CCCn1cc(C2CCCC2)nn1)N1CCC(Cc2ccc(F)c(F)c2)C1. The molecule has 1 saturated carbocycles. The largest absolute Gasteiger partial charge is 0.342 e. The van der Waals surface area contributed by atoms with E-state index in [4.69, 9.17) is 0 Å². The Morgan fingerprint density at radius 2 is 1.97 bits per heavy atom. The van der Waals surface area contributed by atoms with E-state index in [1.165, 1.54) is 37.8 Å². The molecule has 2 aromatic rings. The summed E-state index contributed by atoms with van der Waals surface area (Å²) in [5.74, 6) is -0.610. The second-order valence-corrected chi connectivity index (χ2v) is 8.44. The van der Waals surface area contributed by atoms with E-state index in [2.05, 4.69) is 10.3 Å². The van der Waals surface area contributed by atoms with Crippen molar-refractivity contribution in [1.29, 1.82) is 0 Å². The van der Waals surface area contributed by atoms with E-state index in [1.807, 2.05) is 15.8 Å². The maximum absolute atomic E-state index is 13.4. The monoisotopic (exact) mass is 402 g/mol. The van der Waals surface area contributed by atoms with Gasteiger partial charge in [0.1, 0.15) is 0 Å². The van der Waals surface area contributed by atoms with Crippen LogP contribution in [0.15, 0.2) is 24.4 Å². The fourth-order valence-corrected chi connectivity index (χ4v) is 4.61. The van der Waals surface area contributed by atoms with E-state index in [1.54, 1.807) is 6.07 Å². The predicted octanol–water partition coefficient (Wildman–Crippen LogP) is 4.09. The van der Waals surface area contributed by atoms with Crippen molar-refractivity contribution < 1.29 is 13.6 Å². The van der Waals surface area contributed by atoms with Gasteiger partial charge in [-0.3, -0.25) is 9.48 Å². The van der Waals surface area contributed by atoms with Gasteiger partial charge in [0, 0.05) is 38.2 Å². The second-order valence-electron chi connectivity index (χ2n) is 8.44. The number of hydrogen-bond donors (Lipinski definition) is 0. The molecule has 1 aliphatic carbocycles. The highest BCUT2D eigenvalue weighted by Crippen LogP contribution is 2.32. The lowest BCUT2D eigenvalue weighted by molar-refractivity contribution is -0.130. The predicted molar refractivity (Wildman–Crippen MR) is 105 cm³/mol. The molecular formula is C22H28F2N4O. The van der Waals surface area contributed by atoms with Gasteiger partial charge in [-0.05, 0) is 55.7 Å². The molecule has 1 amide bonds. The van der Waals surface area contributed by atoms with Gasteiger partial charge in [-0.15, -0.1) is 5.10 Å². The van der Waals surface area contributed by atoms with Gasteiger partial charge in [-0.1, -0.05) is 24.1 Å². The number of benzene rings is 1. The van der Waals surface area contributed by atoms with Crippen LogP contribution < -0.4 is 0 Å². The van der Waals surface area contributed by atoms with Crippen LogP contribution in [0.2, 0.25) is 0 Å². The number of halogens is 2. The summed E-state index contributed by atoms with van der Waals surface area (Å²) in [6.07, 6.45) is 9.82. The molecule has 2 heterocycles. The Labute approximate surface area is 170 Å². The first-order valence-electron chi connectivity index (χ1n) is 10.7. The molecule has 2 fully saturated rings. The van der Waals surface area contributed by atoms with E-state index in [-0.39, 0.29) is 5.91 Å². The standard InChI is InChI=1S/C22H28F2N4O/c23-19-8-7-16(13-20(19)24)12-17-9-11-27(14-17)22(29)6-3-10-28-15-21(25-26-28)18-4-1-2-5-18/h7-8,13,15,17-18H,1-6,9-12,14H2.